The predicted molar refractivity (Wildman–Crippen MR) is 126 cm³/mol. The fourth-order valence-electron chi connectivity index (χ4n) is 3.89. The summed E-state index contributed by atoms with van der Waals surface area (Å²) in [5.41, 5.74) is 3.38. The molecule has 3 N–H and O–H groups in total. The number of carbonyl (C=O) groups is 1. The molecule has 172 valence electrons. The van der Waals surface area contributed by atoms with Gasteiger partial charge in [0, 0.05) is 29.5 Å². The van der Waals surface area contributed by atoms with Crippen molar-refractivity contribution in [2.24, 2.45) is 5.14 Å². The summed E-state index contributed by atoms with van der Waals surface area (Å²) in [6.45, 7) is 4.76. The topological polar surface area (TPSA) is 121 Å². The number of amides is 1. The van der Waals surface area contributed by atoms with Gasteiger partial charge in [0.1, 0.15) is 5.75 Å². The number of aryl methyl sites for hydroxylation is 1. The summed E-state index contributed by atoms with van der Waals surface area (Å²) in [6.07, 6.45) is 4.69. The lowest BCUT2D eigenvalue weighted by atomic mass is 10.1. The molecule has 0 aliphatic heterocycles. The Morgan fingerprint density at radius 3 is 2.55 bits per heavy atom. The van der Waals surface area contributed by atoms with E-state index in [9.17, 15) is 13.2 Å². The van der Waals surface area contributed by atoms with Gasteiger partial charge < -0.3 is 14.6 Å². The number of rotatable bonds is 7. The number of methoxy groups -OCH3 is 1. The molecule has 4 aromatic rings. The lowest BCUT2D eigenvalue weighted by molar-refractivity contribution is 0.102. The van der Waals surface area contributed by atoms with Crippen molar-refractivity contribution in [1.82, 2.24) is 14.3 Å². The highest BCUT2D eigenvalue weighted by atomic mass is 32.2. The number of hydrogen-bond acceptors (Lipinski definition) is 5. The van der Waals surface area contributed by atoms with Crippen LogP contribution in [0.25, 0.3) is 16.6 Å². The summed E-state index contributed by atoms with van der Waals surface area (Å²) in [5, 5.41) is 13.2. The van der Waals surface area contributed by atoms with Crippen LogP contribution in [0.15, 0.2) is 59.8 Å². The Morgan fingerprint density at radius 1 is 1.18 bits per heavy atom. The van der Waals surface area contributed by atoms with Crippen LogP contribution in [0.4, 0.5) is 5.69 Å². The zero-order valence-corrected chi connectivity index (χ0v) is 19.4. The zero-order valence-electron chi connectivity index (χ0n) is 18.6. The average molecular weight is 468 g/mol. The van der Waals surface area contributed by atoms with Crippen LogP contribution in [0.2, 0.25) is 0 Å². The van der Waals surface area contributed by atoms with Gasteiger partial charge in [0.2, 0.25) is 10.0 Å². The smallest absolute Gasteiger partial charge is 0.258 e. The summed E-state index contributed by atoms with van der Waals surface area (Å²) < 4.78 is 32.2. The third-order valence-corrected chi connectivity index (χ3v) is 6.34. The molecule has 1 amide bonds. The van der Waals surface area contributed by atoms with Crippen LogP contribution in [-0.2, 0) is 16.6 Å². The fourth-order valence-corrected chi connectivity index (χ4v) is 4.40. The van der Waals surface area contributed by atoms with Gasteiger partial charge in [0.05, 0.1) is 35.0 Å². The first kappa shape index (κ1) is 22.6. The number of anilines is 1. The van der Waals surface area contributed by atoms with Crippen molar-refractivity contribution in [3.05, 3.63) is 66.1 Å². The minimum Gasteiger partial charge on any atom is -0.497 e. The lowest BCUT2D eigenvalue weighted by Crippen LogP contribution is -2.14. The van der Waals surface area contributed by atoms with Gasteiger partial charge in [0.15, 0.2) is 0 Å². The van der Waals surface area contributed by atoms with Crippen molar-refractivity contribution in [2.45, 2.75) is 31.7 Å². The summed E-state index contributed by atoms with van der Waals surface area (Å²) in [4.78, 5) is 13.3. The molecule has 0 aliphatic carbocycles. The molecule has 0 saturated heterocycles. The SMILES string of the molecule is CCCn1cc(-n2c(C)c(C(=O)Nc3ccc(S(N)(=O)=O)cc3)c3cc(OC)ccc32)cn1. The molecular weight excluding hydrogens is 442 g/mol. The van der Waals surface area contributed by atoms with E-state index in [1.165, 1.54) is 24.3 Å². The first-order chi connectivity index (χ1) is 15.7. The van der Waals surface area contributed by atoms with E-state index in [2.05, 4.69) is 17.3 Å². The van der Waals surface area contributed by atoms with Gasteiger partial charge in [-0.05, 0) is 55.8 Å². The van der Waals surface area contributed by atoms with Crippen molar-refractivity contribution in [1.29, 1.82) is 0 Å². The third-order valence-electron chi connectivity index (χ3n) is 5.41. The van der Waals surface area contributed by atoms with E-state index in [0.717, 1.165) is 35.2 Å². The summed E-state index contributed by atoms with van der Waals surface area (Å²) in [6, 6.07) is 11.3. The summed E-state index contributed by atoms with van der Waals surface area (Å²) >= 11 is 0. The molecule has 0 atom stereocenters. The number of primary sulfonamides is 1. The molecule has 9 nitrogen and oxygen atoms in total. The minimum absolute atomic E-state index is 0.0258. The van der Waals surface area contributed by atoms with Crippen LogP contribution < -0.4 is 15.2 Å². The van der Waals surface area contributed by atoms with Gasteiger partial charge in [-0.2, -0.15) is 5.10 Å². The van der Waals surface area contributed by atoms with E-state index in [0.29, 0.717) is 17.0 Å². The third kappa shape index (κ3) is 4.35. The summed E-state index contributed by atoms with van der Waals surface area (Å²) in [5.74, 6) is 0.307. The second kappa shape index (κ2) is 8.72. The maximum Gasteiger partial charge on any atom is 0.258 e. The highest BCUT2D eigenvalue weighted by molar-refractivity contribution is 7.89. The van der Waals surface area contributed by atoms with Crippen molar-refractivity contribution in [3.63, 3.8) is 0 Å². The molecule has 0 bridgehead atoms. The number of sulfonamides is 1. The Kier molecular flexibility index (Phi) is 5.96. The monoisotopic (exact) mass is 467 g/mol. The van der Waals surface area contributed by atoms with Crippen LogP contribution in [0.3, 0.4) is 0 Å². The molecule has 2 aromatic heterocycles. The number of carbonyl (C=O) groups excluding carboxylic acids is 1. The predicted octanol–water partition coefficient (Wildman–Crippen LogP) is 3.45. The fraction of sp³-hybridized carbons (Fsp3) is 0.217. The van der Waals surface area contributed by atoms with Gasteiger partial charge in [-0.25, -0.2) is 13.6 Å². The molecule has 0 aliphatic rings. The average Bonchev–Trinajstić information content (AvgIpc) is 3.34. The Balaban J connectivity index is 1.79. The molecule has 2 aromatic carbocycles. The molecule has 0 fully saturated rings. The molecule has 10 heteroatoms. The number of hydrogen-bond donors (Lipinski definition) is 2. The molecule has 2 heterocycles. The lowest BCUT2D eigenvalue weighted by Gasteiger charge is -2.08. The molecule has 4 rings (SSSR count). The first-order valence-corrected chi connectivity index (χ1v) is 11.9. The zero-order chi connectivity index (χ0) is 23.8. The van der Waals surface area contributed by atoms with Crippen LogP contribution >= 0.6 is 0 Å². The number of benzene rings is 2. The second-order valence-corrected chi connectivity index (χ2v) is 9.23. The van der Waals surface area contributed by atoms with E-state index < -0.39 is 10.0 Å². The van der Waals surface area contributed by atoms with Crippen molar-refractivity contribution >= 4 is 32.5 Å². The number of nitrogens with one attached hydrogen (secondary N) is 1. The van der Waals surface area contributed by atoms with Gasteiger partial charge >= 0.3 is 0 Å². The van der Waals surface area contributed by atoms with Crippen molar-refractivity contribution in [2.75, 3.05) is 12.4 Å². The van der Waals surface area contributed by atoms with Crippen LogP contribution in [0.5, 0.6) is 5.75 Å². The van der Waals surface area contributed by atoms with E-state index in [1.807, 2.05) is 40.6 Å². The number of nitrogens with two attached hydrogens (primary N) is 1. The normalized spacial score (nSPS) is 11.6. The quantitative estimate of drug-likeness (QED) is 0.431. The Hall–Kier alpha value is -3.63. The number of ether oxygens (including phenoxy) is 1. The summed E-state index contributed by atoms with van der Waals surface area (Å²) in [7, 11) is -2.23. The molecule has 0 unspecified atom stereocenters. The minimum atomic E-state index is -3.81. The maximum absolute atomic E-state index is 13.4. The van der Waals surface area contributed by atoms with E-state index >= 15 is 0 Å². The van der Waals surface area contributed by atoms with Crippen molar-refractivity contribution < 1.29 is 17.9 Å². The first-order valence-electron chi connectivity index (χ1n) is 10.4. The number of aromatic nitrogens is 3. The second-order valence-electron chi connectivity index (χ2n) is 7.66. The molecule has 0 saturated carbocycles. The Labute approximate surface area is 191 Å². The molecule has 33 heavy (non-hydrogen) atoms. The maximum atomic E-state index is 13.4. The number of fused-ring (bicyclic) bond motifs is 1. The molecule has 0 radical (unpaired) electrons. The van der Waals surface area contributed by atoms with Gasteiger partial charge in [0.25, 0.3) is 5.91 Å². The number of nitrogens with zero attached hydrogens (tertiary/aromatic N) is 3. The van der Waals surface area contributed by atoms with E-state index in [-0.39, 0.29) is 10.8 Å². The van der Waals surface area contributed by atoms with Crippen LogP contribution in [0, 0.1) is 6.92 Å². The van der Waals surface area contributed by atoms with Crippen LogP contribution in [0.1, 0.15) is 29.4 Å². The highest BCUT2D eigenvalue weighted by Crippen LogP contribution is 2.32. The Morgan fingerprint density at radius 2 is 1.91 bits per heavy atom. The van der Waals surface area contributed by atoms with E-state index in [4.69, 9.17) is 9.88 Å². The van der Waals surface area contributed by atoms with Crippen molar-refractivity contribution in [3.8, 4) is 11.4 Å². The standard InChI is InChI=1S/C23H25N5O4S/c1-4-11-27-14-17(13-25-27)28-15(2)22(20-12-18(32-3)7-10-21(20)28)23(29)26-16-5-8-19(9-6-16)33(24,30)31/h5-10,12-14H,4,11H2,1-3H3,(H,26,29)(H2,24,30,31). The Bertz CT molecular complexity index is 1440. The van der Waals surface area contributed by atoms with E-state index in [1.54, 1.807) is 13.3 Å². The van der Waals surface area contributed by atoms with Gasteiger partial charge in [-0.1, -0.05) is 6.92 Å². The van der Waals surface area contributed by atoms with Crippen LogP contribution in [-0.4, -0.2) is 35.8 Å². The largest absolute Gasteiger partial charge is 0.497 e. The molecular formula is C23H25N5O4S. The van der Waals surface area contributed by atoms with Gasteiger partial charge in [-0.3, -0.25) is 9.48 Å². The highest BCUT2D eigenvalue weighted by Gasteiger charge is 2.22. The molecule has 0 spiro atoms. The van der Waals surface area contributed by atoms with Gasteiger partial charge in [-0.15, -0.1) is 0 Å².